The van der Waals surface area contributed by atoms with Crippen LogP contribution < -0.4 is 5.32 Å². The molecule has 1 fully saturated rings. The van der Waals surface area contributed by atoms with Crippen molar-refractivity contribution in [1.82, 2.24) is 20.1 Å². The zero-order chi connectivity index (χ0) is 19.1. The molecule has 1 saturated heterocycles. The van der Waals surface area contributed by atoms with Crippen LogP contribution in [0.5, 0.6) is 0 Å². The lowest BCUT2D eigenvalue weighted by Gasteiger charge is -2.36. The number of hydrogen-bond acceptors (Lipinski definition) is 4. The average Bonchev–Trinajstić information content (AvgIpc) is 3.14. The molecule has 2 aromatic rings. The molecule has 1 aromatic carbocycles. The van der Waals surface area contributed by atoms with Crippen LogP contribution >= 0.6 is 11.3 Å². The molecule has 0 amide bonds. The van der Waals surface area contributed by atoms with Crippen LogP contribution in [0.2, 0.25) is 0 Å². The van der Waals surface area contributed by atoms with Gasteiger partial charge in [-0.1, -0.05) is 36.8 Å². The van der Waals surface area contributed by atoms with Gasteiger partial charge in [0.25, 0.3) is 0 Å². The van der Waals surface area contributed by atoms with E-state index in [1.807, 2.05) is 24.6 Å². The highest BCUT2D eigenvalue weighted by Crippen LogP contribution is 2.14. The van der Waals surface area contributed by atoms with Crippen molar-refractivity contribution in [3.63, 3.8) is 0 Å². The van der Waals surface area contributed by atoms with Gasteiger partial charge in [0, 0.05) is 63.8 Å². The number of benzene rings is 1. The first-order valence-corrected chi connectivity index (χ1v) is 10.7. The SMILES string of the molecule is CCc1cnc(CCNC(=NC)N2CCN(Cc3cccc(C)c3)CC2)s1. The second kappa shape index (κ2) is 9.85. The molecule has 3 rings (SSSR count). The van der Waals surface area contributed by atoms with Crippen molar-refractivity contribution in [3.05, 3.63) is 51.5 Å². The molecule has 0 saturated carbocycles. The van der Waals surface area contributed by atoms with E-state index in [4.69, 9.17) is 0 Å². The Hall–Kier alpha value is -1.92. The summed E-state index contributed by atoms with van der Waals surface area (Å²) >= 11 is 1.82. The first kappa shape index (κ1) is 19.8. The Bertz CT molecular complexity index is 747. The summed E-state index contributed by atoms with van der Waals surface area (Å²) in [6.45, 7) is 10.4. The Morgan fingerprint density at radius 3 is 2.74 bits per heavy atom. The van der Waals surface area contributed by atoms with Crippen LogP contribution in [0.1, 0.15) is 27.9 Å². The Labute approximate surface area is 167 Å². The van der Waals surface area contributed by atoms with Gasteiger partial charge in [0.05, 0.1) is 5.01 Å². The summed E-state index contributed by atoms with van der Waals surface area (Å²) in [6, 6.07) is 8.82. The molecular formula is C21H31N5S. The number of thiazole rings is 1. The minimum atomic E-state index is 0.882. The first-order valence-electron chi connectivity index (χ1n) is 9.85. The number of aromatic nitrogens is 1. The lowest BCUT2D eigenvalue weighted by molar-refractivity contribution is 0.172. The Balaban J connectivity index is 1.43. The predicted molar refractivity (Wildman–Crippen MR) is 115 cm³/mol. The van der Waals surface area contributed by atoms with Gasteiger partial charge in [-0.2, -0.15) is 0 Å². The van der Waals surface area contributed by atoms with Crippen molar-refractivity contribution in [2.24, 2.45) is 4.99 Å². The van der Waals surface area contributed by atoms with Gasteiger partial charge >= 0.3 is 0 Å². The summed E-state index contributed by atoms with van der Waals surface area (Å²) in [4.78, 5) is 15.2. The molecule has 27 heavy (non-hydrogen) atoms. The van der Waals surface area contributed by atoms with E-state index in [0.29, 0.717) is 0 Å². The summed E-state index contributed by atoms with van der Waals surface area (Å²) in [7, 11) is 1.88. The molecule has 6 heteroatoms. The largest absolute Gasteiger partial charge is 0.356 e. The fourth-order valence-electron chi connectivity index (χ4n) is 3.43. The molecule has 0 aliphatic carbocycles. The Kier molecular flexibility index (Phi) is 7.24. The number of nitrogens with zero attached hydrogens (tertiary/aromatic N) is 4. The Morgan fingerprint density at radius 1 is 1.26 bits per heavy atom. The Morgan fingerprint density at radius 2 is 2.07 bits per heavy atom. The summed E-state index contributed by atoms with van der Waals surface area (Å²) in [6.07, 6.45) is 4.03. The quantitative estimate of drug-likeness (QED) is 0.613. The van der Waals surface area contributed by atoms with Crippen LogP contribution in [0.3, 0.4) is 0 Å². The summed E-state index contributed by atoms with van der Waals surface area (Å²) in [5, 5.41) is 4.72. The number of aliphatic imine (C=N–C) groups is 1. The maximum Gasteiger partial charge on any atom is 0.193 e. The van der Waals surface area contributed by atoms with Gasteiger partial charge in [0.1, 0.15) is 0 Å². The highest BCUT2D eigenvalue weighted by Gasteiger charge is 2.19. The third kappa shape index (κ3) is 5.78. The fourth-order valence-corrected chi connectivity index (χ4v) is 4.29. The minimum absolute atomic E-state index is 0.882. The fraction of sp³-hybridized carbons (Fsp3) is 0.524. The van der Waals surface area contributed by atoms with Crippen LogP contribution in [-0.4, -0.2) is 60.5 Å². The summed E-state index contributed by atoms with van der Waals surface area (Å²) in [5.74, 6) is 1.01. The molecule has 0 bridgehead atoms. The lowest BCUT2D eigenvalue weighted by atomic mass is 10.1. The number of guanidine groups is 1. The number of rotatable bonds is 6. The van der Waals surface area contributed by atoms with Gasteiger partial charge in [0.15, 0.2) is 5.96 Å². The van der Waals surface area contributed by atoms with E-state index in [9.17, 15) is 0 Å². The van der Waals surface area contributed by atoms with Gasteiger partial charge < -0.3 is 10.2 Å². The lowest BCUT2D eigenvalue weighted by Crippen LogP contribution is -2.52. The second-order valence-corrected chi connectivity index (χ2v) is 8.25. The zero-order valence-corrected chi connectivity index (χ0v) is 17.6. The van der Waals surface area contributed by atoms with Crippen molar-refractivity contribution in [1.29, 1.82) is 0 Å². The van der Waals surface area contributed by atoms with Crippen LogP contribution in [0, 0.1) is 6.92 Å². The number of hydrogen-bond donors (Lipinski definition) is 1. The molecule has 5 nitrogen and oxygen atoms in total. The van der Waals surface area contributed by atoms with E-state index < -0.39 is 0 Å². The van der Waals surface area contributed by atoms with Crippen molar-refractivity contribution < 1.29 is 0 Å². The topological polar surface area (TPSA) is 43.8 Å². The third-order valence-electron chi connectivity index (χ3n) is 4.94. The number of piperazine rings is 1. The van der Waals surface area contributed by atoms with E-state index in [1.54, 1.807) is 0 Å². The minimum Gasteiger partial charge on any atom is -0.356 e. The maximum atomic E-state index is 4.50. The zero-order valence-electron chi connectivity index (χ0n) is 16.7. The first-order chi connectivity index (χ1) is 13.2. The van der Waals surface area contributed by atoms with Gasteiger partial charge in [-0.3, -0.25) is 9.89 Å². The number of aryl methyl sites for hydroxylation is 2. The molecule has 1 N–H and O–H groups in total. The third-order valence-corrected chi connectivity index (χ3v) is 6.15. The van der Waals surface area contributed by atoms with Crippen LogP contribution in [0.4, 0.5) is 0 Å². The van der Waals surface area contributed by atoms with Gasteiger partial charge in [-0.05, 0) is 18.9 Å². The molecule has 1 aliphatic rings. The second-order valence-electron chi connectivity index (χ2n) is 7.05. The van der Waals surface area contributed by atoms with Crippen molar-refractivity contribution in [2.45, 2.75) is 33.2 Å². The van der Waals surface area contributed by atoms with E-state index in [-0.39, 0.29) is 0 Å². The standard InChI is InChI=1S/C21H31N5S/c1-4-19-15-24-20(27-19)8-9-23-21(22-3)26-12-10-25(11-13-26)16-18-7-5-6-17(2)14-18/h5-7,14-15H,4,8-13,16H2,1-3H3,(H,22,23). The molecule has 0 atom stereocenters. The van der Waals surface area contributed by atoms with E-state index in [1.165, 1.54) is 21.0 Å². The molecule has 0 spiro atoms. The molecule has 146 valence electrons. The van der Waals surface area contributed by atoms with Crippen molar-refractivity contribution in [2.75, 3.05) is 39.8 Å². The van der Waals surface area contributed by atoms with Gasteiger partial charge in [0.2, 0.25) is 0 Å². The van der Waals surface area contributed by atoms with Crippen molar-refractivity contribution >= 4 is 17.3 Å². The van der Waals surface area contributed by atoms with E-state index >= 15 is 0 Å². The molecule has 0 radical (unpaired) electrons. The van der Waals surface area contributed by atoms with Crippen LogP contribution in [0.15, 0.2) is 35.5 Å². The van der Waals surface area contributed by atoms with E-state index in [2.05, 4.69) is 63.2 Å². The monoisotopic (exact) mass is 385 g/mol. The van der Waals surface area contributed by atoms with Crippen molar-refractivity contribution in [3.8, 4) is 0 Å². The van der Waals surface area contributed by atoms with Crippen LogP contribution in [-0.2, 0) is 19.4 Å². The highest BCUT2D eigenvalue weighted by molar-refractivity contribution is 7.11. The smallest absolute Gasteiger partial charge is 0.193 e. The molecule has 2 heterocycles. The maximum absolute atomic E-state index is 4.50. The van der Waals surface area contributed by atoms with Gasteiger partial charge in [-0.25, -0.2) is 4.98 Å². The van der Waals surface area contributed by atoms with Gasteiger partial charge in [-0.15, -0.1) is 11.3 Å². The summed E-state index contributed by atoms with van der Waals surface area (Å²) in [5.41, 5.74) is 2.74. The molecule has 1 aromatic heterocycles. The predicted octanol–water partition coefficient (Wildman–Crippen LogP) is 2.95. The number of nitrogens with one attached hydrogen (secondary N) is 1. The van der Waals surface area contributed by atoms with E-state index in [0.717, 1.165) is 58.1 Å². The molecule has 0 unspecified atom stereocenters. The molecule has 1 aliphatic heterocycles. The highest BCUT2D eigenvalue weighted by atomic mass is 32.1. The summed E-state index contributed by atoms with van der Waals surface area (Å²) < 4.78 is 0. The molecular weight excluding hydrogens is 354 g/mol. The normalized spacial score (nSPS) is 16.0. The van der Waals surface area contributed by atoms with Crippen LogP contribution in [0.25, 0.3) is 0 Å². The average molecular weight is 386 g/mol.